The number of ether oxygens (including phenoxy) is 1. The number of halogens is 3. The van der Waals surface area contributed by atoms with Gasteiger partial charge in [-0.05, 0) is 49.6 Å². The highest BCUT2D eigenvalue weighted by atomic mass is 35.5. The molecular weight excluding hydrogens is 428 g/mol. The van der Waals surface area contributed by atoms with Gasteiger partial charge in [0.05, 0.1) is 12.1 Å². The first-order valence-corrected chi connectivity index (χ1v) is 10.9. The Balaban J connectivity index is 1.76. The summed E-state index contributed by atoms with van der Waals surface area (Å²) >= 11 is 12.1. The van der Waals surface area contributed by atoms with Crippen molar-refractivity contribution in [2.45, 2.75) is 42.8 Å². The third-order valence-corrected chi connectivity index (χ3v) is 6.76. The van der Waals surface area contributed by atoms with Crippen LogP contribution in [0.1, 0.15) is 31.4 Å². The Hall–Kier alpha value is -1.45. The molecule has 1 aliphatic carbocycles. The fourth-order valence-electron chi connectivity index (χ4n) is 2.96. The molecule has 3 rings (SSSR count). The van der Waals surface area contributed by atoms with Crippen LogP contribution in [0.25, 0.3) is 0 Å². The van der Waals surface area contributed by atoms with Crippen LogP contribution in [0, 0.1) is 5.82 Å². The van der Waals surface area contributed by atoms with E-state index in [1.165, 1.54) is 7.11 Å². The fourth-order valence-corrected chi connectivity index (χ4v) is 4.67. The summed E-state index contributed by atoms with van der Waals surface area (Å²) in [7, 11) is -2.37. The van der Waals surface area contributed by atoms with Gasteiger partial charge in [-0.1, -0.05) is 23.2 Å². The molecule has 1 heterocycles. The Morgan fingerprint density at radius 1 is 1.29 bits per heavy atom. The number of methoxy groups -OCH3 is 1. The van der Waals surface area contributed by atoms with E-state index in [2.05, 4.69) is 15.0 Å². The predicted octanol–water partition coefficient (Wildman–Crippen LogP) is 4.16. The van der Waals surface area contributed by atoms with Crippen molar-refractivity contribution in [3.63, 3.8) is 0 Å². The molecule has 0 amide bonds. The smallest absolute Gasteiger partial charge is 0.242 e. The van der Waals surface area contributed by atoms with Gasteiger partial charge >= 0.3 is 0 Å². The summed E-state index contributed by atoms with van der Waals surface area (Å²) in [5, 5.41) is 3.86. The number of rotatable bonds is 7. The molecule has 0 spiro atoms. The van der Waals surface area contributed by atoms with Gasteiger partial charge in [0, 0.05) is 29.4 Å². The topological polar surface area (TPSA) is 80.3 Å². The normalized spacial score (nSPS) is 20.5. The molecule has 1 aromatic heterocycles. The van der Waals surface area contributed by atoms with Gasteiger partial charge in [0.1, 0.15) is 4.90 Å². The van der Waals surface area contributed by atoms with Crippen molar-refractivity contribution in [1.82, 2.24) is 9.71 Å². The van der Waals surface area contributed by atoms with Crippen molar-refractivity contribution < 1.29 is 17.5 Å². The van der Waals surface area contributed by atoms with E-state index in [-0.39, 0.29) is 22.9 Å². The first kappa shape index (κ1) is 21.3. The van der Waals surface area contributed by atoms with Crippen LogP contribution in [0.2, 0.25) is 10.0 Å². The van der Waals surface area contributed by atoms with Crippen molar-refractivity contribution in [2.75, 3.05) is 12.4 Å². The number of sulfonamides is 1. The highest BCUT2D eigenvalue weighted by molar-refractivity contribution is 7.89. The number of anilines is 1. The van der Waals surface area contributed by atoms with Crippen LogP contribution in [0.4, 0.5) is 10.2 Å². The third kappa shape index (κ3) is 4.58. The second-order valence-corrected chi connectivity index (χ2v) is 9.17. The van der Waals surface area contributed by atoms with Crippen LogP contribution in [0.5, 0.6) is 0 Å². The molecule has 1 aromatic carbocycles. The van der Waals surface area contributed by atoms with Crippen molar-refractivity contribution in [3.8, 4) is 0 Å². The maximum atomic E-state index is 14.5. The van der Waals surface area contributed by atoms with Crippen LogP contribution in [0.3, 0.4) is 0 Å². The lowest BCUT2D eigenvalue weighted by molar-refractivity contribution is 0.0151. The highest BCUT2D eigenvalue weighted by Gasteiger charge is 2.34. The molecule has 0 saturated heterocycles. The van der Waals surface area contributed by atoms with Gasteiger partial charge in [0.25, 0.3) is 0 Å². The molecule has 2 aromatic rings. The van der Waals surface area contributed by atoms with E-state index in [4.69, 9.17) is 27.9 Å². The number of nitrogens with one attached hydrogen (secondary N) is 2. The van der Waals surface area contributed by atoms with E-state index >= 15 is 0 Å². The first-order chi connectivity index (χ1) is 13.2. The number of pyridine rings is 1. The molecule has 1 saturated carbocycles. The van der Waals surface area contributed by atoms with E-state index in [1.54, 1.807) is 25.1 Å². The quantitative estimate of drug-likeness (QED) is 0.665. The fraction of sp³-hybridized carbons (Fsp3) is 0.389. The number of aromatic nitrogens is 1. The SMILES string of the molecule is CO[C@@H]1CC[C@H]1NS(=O)(=O)c1cnc(N[C@H](C)c2cc(Cl)ccc2Cl)c(F)c1. The molecule has 6 nitrogen and oxygen atoms in total. The van der Waals surface area contributed by atoms with Crippen LogP contribution in [-0.4, -0.2) is 32.7 Å². The van der Waals surface area contributed by atoms with Gasteiger partial charge in [0.15, 0.2) is 11.6 Å². The van der Waals surface area contributed by atoms with Gasteiger partial charge in [-0.3, -0.25) is 0 Å². The molecule has 0 radical (unpaired) electrons. The monoisotopic (exact) mass is 447 g/mol. The van der Waals surface area contributed by atoms with Crippen LogP contribution in [0.15, 0.2) is 35.4 Å². The summed E-state index contributed by atoms with van der Waals surface area (Å²) in [6.07, 6.45) is 2.39. The summed E-state index contributed by atoms with van der Waals surface area (Å²) in [4.78, 5) is 3.70. The van der Waals surface area contributed by atoms with E-state index in [1.807, 2.05) is 0 Å². The molecule has 3 atom stereocenters. The van der Waals surface area contributed by atoms with Crippen molar-refractivity contribution in [1.29, 1.82) is 0 Å². The lowest BCUT2D eigenvalue weighted by atomic mass is 9.90. The minimum Gasteiger partial charge on any atom is -0.380 e. The number of benzene rings is 1. The molecule has 1 fully saturated rings. The van der Waals surface area contributed by atoms with Crippen molar-refractivity contribution in [2.24, 2.45) is 0 Å². The number of hydrogen-bond acceptors (Lipinski definition) is 5. The van der Waals surface area contributed by atoms with Gasteiger partial charge in [0.2, 0.25) is 10.0 Å². The van der Waals surface area contributed by atoms with Crippen LogP contribution in [-0.2, 0) is 14.8 Å². The predicted molar refractivity (Wildman–Crippen MR) is 107 cm³/mol. The minimum atomic E-state index is -3.89. The van der Waals surface area contributed by atoms with Crippen LogP contribution >= 0.6 is 23.2 Å². The van der Waals surface area contributed by atoms with Crippen LogP contribution < -0.4 is 10.0 Å². The Kier molecular flexibility index (Phi) is 6.46. The zero-order chi connectivity index (χ0) is 20.5. The highest BCUT2D eigenvalue weighted by Crippen LogP contribution is 2.29. The van der Waals surface area contributed by atoms with Crippen molar-refractivity contribution in [3.05, 3.63) is 51.9 Å². The Bertz CT molecular complexity index is 973. The standard InChI is InChI=1S/C18H20Cl2FN3O3S/c1-10(13-7-11(19)3-4-14(13)20)23-18-15(21)8-12(9-22-18)28(25,26)24-16-5-6-17(16)27-2/h3-4,7-10,16-17,24H,5-6H2,1-2H3,(H,22,23)/t10-,16-,17-/m1/s1. The van der Waals surface area contributed by atoms with E-state index < -0.39 is 21.9 Å². The summed E-state index contributed by atoms with van der Waals surface area (Å²) in [5.41, 5.74) is 0.671. The molecule has 28 heavy (non-hydrogen) atoms. The van der Waals surface area contributed by atoms with E-state index in [0.717, 1.165) is 18.7 Å². The molecule has 0 aliphatic heterocycles. The summed E-state index contributed by atoms with van der Waals surface area (Å²) in [6, 6.07) is 5.20. The molecule has 2 N–H and O–H groups in total. The van der Waals surface area contributed by atoms with E-state index in [0.29, 0.717) is 22.0 Å². The second-order valence-electron chi connectivity index (χ2n) is 6.61. The summed E-state index contributed by atoms with van der Waals surface area (Å²) in [5.74, 6) is -0.870. The lowest BCUT2D eigenvalue weighted by Crippen LogP contribution is -2.50. The maximum absolute atomic E-state index is 14.5. The van der Waals surface area contributed by atoms with E-state index in [9.17, 15) is 12.8 Å². The number of nitrogens with zero attached hydrogens (tertiary/aromatic N) is 1. The summed E-state index contributed by atoms with van der Waals surface area (Å²) < 4.78 is 47.1. The Morgan fingerprint density at radius 2 is 2.04 bits per heavy atom. The largest absolute Gasteiger partial charge is 0.380 e. The van der Waals surface area contributed by atoms with Crippen molar-refractivity contribution >= 4 is 39.0 Å². The average molecular weight is 448 g/mol. The maximum Gasteiger partial charge on any atom is 0.242 e. The Labute approximate surface area is 173 Å². The third-order valence-electron chi connectivity index (χ3n) is 4.72. The molecule has 10 heteroatoms. The van der Waals surface area contributed by atoms with Gasteiger partial charge in [-0.25, -0.2) is 22.5 Å². The summed E-state index contributed by atoms with van der Waals surface area (Å²) in [6.45, 7) is 1.77. The minimum absolute atomic E-state index is 0.0825. The zero-order valence-corrected chi connectivity index (χ0v) is 17.6. The molecular formula is C18H20Cl2FN3O3S. The lowest BCUT2D eigenvalue weighted by Gasteiger charge is -2.35. The average Bonchev–Trinajstić information content (AvgIpc) is 2.63. The molecule has 152 valence electrons. The van der Waals surface area contributed by atoms with Gasteiger partial charge in [-0.15, -0.1) is 0 Å². The first-order valence-electron chi connectivity index (χ1n) is 8.63. The zero-order valence-electron chi connectivity index (χ0n) is 15.2. The Morgan fingerprint density at radius 3 is 2.64 bits per heavy atom. The van der Waals surface area contributed by atoms with Gasteiger partial charge in [-0.2, -0.15) is 0 Å². The molecule has 0 bridgehead atoms. The second kappa shape index (κ2) is 8.51. The van der Waals surface area contributed by atoms with Gasteiger partial charge < -0.3 is 10.1 Å². The molecule has 1 aliphatic rings. The molecule has 0 unspecified atom stereocenters. The number of hydrogen-bond donors (Lipinski definition) is 2.